The first-order valence-corrected chi connectivity index (χ1v) is 8.89. The van der Waals surface area contributed by atoms with Crippen LogP contribution < -0.4 is 5.32 Å². The fourth-order valence-corrected chi connectivity index (χ4v) is 3.40. The van der Waals surface area contributed by atoms with E-state index in [2.05, 4.69) is 36.2 Å². The van der Waals surface area contributed by atoms with E-state index in [0.29, 0.717) is 0 Å². The summed E-state index contributed by atoms with van der Waals surface area (Å²) in [7, 11) is 0. The number of hydrogen-bond acceptors (Lipinski definition) is 3. The predicted octanol–water partition coefficient (Wildman–Crippen LogP) is 3.79. The molecule has 2 aromatic carbocycles. The van der Waals surface area contributed by atoms with Gasteiger partial charge < -0.3 is 10.1 Å². The highest BCUT2D eigenvalue weighted by Crippen LogP contribution is 2.28. The van der Waals surface area contributed by atoms with E-state index in [1.807, 2.05) is 49.4 Å². The van der Waals surface area contributed by atoms with Gasteiger partial charge in [-0.15, -0.1) is 0 Å². The van der Waals surface area contributed by atoms with Crippen LogP contribution in [0.5, 0.6) is 0 Å². The Morgan fingerprint density at radius 1 is 1.04 bits per heavy atom. The quantitative estimate of drug-likeness (QED) is 0.922. The van der Waals surface area contributed by atoms with Crippen molar-refractivity contribution in [2.75, 3.05) is 18.4 Å². The highest BCUT2D eigenvalue weighted by molar-refractivity contribution is 5.98. The predicted molar refractivity (Wildman–Crippen MR) is 102 cm³/mol. The Balaban J connectivity index is 1.75. The fourth-order valence-electron chi connectivity index (χ4n) is 3.40. The zero-order valence-electron chi connectivity index (χ0n) is 15.1. The molecular formula is C21H26N2O2. The molecule has 1 fully saturated rings. The Hall–Kier alpha value is -2.17. The first-order chi connectivity index (χ1) is 12.0. The Labute approximate surface area is 149 Å². The smallest absolute Gasteiger partial charge is 0.241 e. The van der Waals surface area contributed by atoms with Gasteiger partial charge in [0.05, 0.1) is 18.2 Å². The van der Waals surface area contributed by atoms with Crippen LogP contribution in [0, 0.1) is 0 Å². The van der Waals surface area contributed by atoms with Crippen LogP contribution in [0.3, 0.4) is 0 Å². The fraction of sp³-hybridized carbons (Fsp3) is 0.381. The Morgan fingerprint density at radius 3 is 2.32 bits per heavy atom. The number of ether oxygens (including phenoxy) is 1. The van der Waals surface area contributed by atoms with Crippen LogP contribution in [0.25, 0.3) is 11.1 Å². The van der Waals surface area contributed by atoms with Crippen LogP contribution in [0.15, 0.2) is 54.6 Å². The van der Waals surface area contributed by atoms with Crippen molar-refractivity contribution in [2.45, 2.75) is 39.0 Å². The topological polar surface area (TPSA) is 41.6 Å². The van der Waals surface area contributed by atoms with Crippen LogP contribution in [0.1, 0.15) is 20.8 Å². The summed E-state index contributed by atoms with van der Waals surface area (Å²) in [5, 5.41) is 3.11. The third kappa shape index (κ3) is 4.27. The van der Waals surface area contributed by atoms with E-state index in [4.69, 9.17) is 4.74 Å². The Morgan fingerprint density at radius 2 is 1.64 bits per heavy atom. The van der Waals surface area contributed by atoms with Gasteiger partial charge in [0.15, 0.2) is 0 Å². The zero-order chi connectivity index (χ0) is 17.8. The average molecular weight is 338 g/mol. The number of para-hydroxylation sites is 1. The summed E-state index contributed by atoms with van der Waals surface area (Å²) in [4.78, 5) is 15.0. The Bertz CT molecular complexity index is 707. The number of carbonyl (C=O) groups is 1. The van der Waals surface area contributed by atoms with Crippen molar-refractivity contribution in [2.24, 2.45) is 0 Å². The van der Waals surface area contributed by atoms with Gasteiger partial charge in [0, 0.05) is 24.3 Å². The molecule has 1 aliphatic heterocycles. The summed E-state index contributed by atoms with van der Waals surface area (Å²) in [6.07, 6.45) is 0.297. The lowest BCUT2D eigenvalue weighted by molar-refractivity contribution is -0.126. The molecule has 0 saturated carbocycles. The maximum absolute atomic E-state index is 12.8. The molecule has 1 N–H and O–H groups in total. The molecule has 25 heavy (non-hydrogen) atoms. The molecule has 132 valence electrons. The van der Waals surface area contributed by atoms with Crippen LogP contribution in [-0.2, 0) is 9.53 Å². The van der Waals surface area contributed by atoms with Crippen LogP contribution in [-0.4, -0.2) is 42.1 Å². The van der Waals surface area contributed by atoms with Crippen LogP contribution >= 0.6 is 0 Å². The minimum absolute atomic E-state index is 0.0182. The number of hydrogen-bond donors (Lipinski definition) is 1. The van der Waals surface area contributed by atoms with E-state index < -0.39 is 0 Å². The third-order valence-corrected chi connectivity index (χ3v) is 4.64. The van der Waals surface area contributed by atoms with E-state index in [-0.39, 0.29) is 24.2 Å². The maximum atomic E-state index is 12.8. The van der Waals surface area contributed by atoms with Crippen molar-refractivity contribution in [1.29, 1.82) is 0 Å². The first kappa shape index (κ1) is 17.6. The van der Waals surface area contributed by atoms with E-state index in [1.165, 1.54) is 0 Å². The average Bonchev–Trinajstić information content (AvgIpc) is 2.61. The van der Waals surface area contributed by atoms with Crippen molar-refractivity contribution in [1.82, 2.24) is 4.90 Å². The minimum atomic E-state index is -0.197. The number of morpholine rings is 1. The second-order valence-electron chi connectivity index (χ2n) is 6.79. The molecule has 0 aromatic heterocycles. The zero-order valence-corrected chi connectivity index (χ0v) is 15.1. The van der Waals surface area contributed by atoms with Gasteiger partial charge in [0.2, 0.25) is 5.91 Å². The number of nitrogens with zero attached hydrogens (tertiary/aromatic N) is 1. The molecule has 0 unspecified atom stereocenters. The molecule has 4 heteroatoms. The highest BCUT2D eigenvalue weighted by Gasteiger charge is 2.29. The largest absolute Gasteiger partial charge is 0.373 e. The molecule has 1 saturated heterocycles. The number of nitrogens with one attached hydrogen (secondary N) is 1. The molecule has 3 rings (SSSR count). The SMILES string of the molecule is C[C@@H]1CN([C@H](C)C(=O)Nc2ccccc2-c2ccccc2)C[C@H](C)O1. The summed E-state index contributed by atoms with van der Waals surface area (Å²) in [6, 6.07) is 17.9. The summed E-state index contributed by atoms with van der Waals surface area (Å²) in [5.41, 5.74) is 2.98. The highest BCUT2D eigenvalue weighted by atomic mass is 16.5. The maximum Gasteiger partial charge on any atom is 0.241 e. The molecule has 1 heterocycles. The summed E-state index contributed by atoms with van der Waals surface area (Å²) >= 11 is 0. The van der Waals surface area contributed by atoms with Crippen molar-refractivity contribution in [3.63, 3.8) is 0 Å². The van der Waals surface area contributed by atoms with Crippen molar-refractivity contribution < 1.29 is 9.53 Å². The lowest BCUT2D eigenvalue weighted by Crippen LogP contribution is -2.52. The standard InChI is InChI=1S/C21H26N2O2/c1-15-13-23(14-16(2)25-15)17(3)21(24)22-20-12-8-7-11-19(20)18-9-5-4-6-10-18/h4-12,15-17H,13-14H2,1-3H3,(H,22,24)/t15-,16+,17-/m1/s1. The van der Waals surface area contributed by atoms with Crippen molar-refractivity contribution in [3.8, 4) is 11.1 Å². The molecule has 2 aromatic rings. The molecule has 4 nitrogen and oxygen atoms in total. The normalized spacial score (nSPS) is 22.4. The molecule has 0 bridgehead atoms. The number of benzene rings is 2. The number of anilines is 1. The second-order valence-corrected chi connectivity index (χ2v) is 6.79. The van der Waals surface area contributed by atoms with Gasteiger partial charge in [-0.3, -0.25) is 9.69 Å². The van der Waals surface area contributed by atoms with E-state index >= 15 is 0 Å². The lowest BCUT2D eigenvalue weighted by atomic mass is 10.0. The molecule has 1 amide bonds. The third-order valence-electron chi connectivity index (χ3n) is 4.64. The lowest BCUT2D eigenvalue weighted by Gasteiger charge is -2.38. The van der Waals surface area contributed by atoms with Gasteiger partial charge in [-0.1, -0.05) is 48.5 Å². The molecule has 0 spiro atoms. The molecule has 0 radical (unpaired) electrons. The van der Waals surface area contributed by atoms with Gasteiger partial charge in [0.25, 0.3) is 0 Å². The molecular weight excluding hydrogens is 312 g/mol. The molecule has 3 atom stereocenters. The van der Waals surface area contributed by atoms with Gasteiger partial charge in [-0.05, 0) is 32.4 Å². The second kappa shape index (κ2) is 7.81. The van der Waals surface area contributed by atoms with E-state index in [9.17, 15) is 4.79 Å². The van der Waals surface area contributed by atoms with Gasteiger partial charge in [-0.2, -0.15) is 0 Å². The van der Waals surface area contributed by atoms with Gasteiger partial charge in [0.1, 0.15) is 0 Å². The first-order valence-electron chi connectivity index (χ1n) is 8.89. The van der Waals surface area contributed by atoms with Crippen molar-refractivity contribution in [3.05, 3.63) is 54.6 Å². The number of rotatable bonds is 4. The van der Waals surface area contributed by atoms with Crippen molar-refractivity contribution >= 4 is 11.6 Å². The summed E-state index contributed by atoms with van der Waals surface area (Å²) in [6.45, 7) is 7.62. The van der Waals surface area contributed by atoms with Crippen LogP contribution in [0.4, 0.5) is 5.69 Å². The number of amides is 1. The summed E-state index contributed by atoms with van der Waals surface area (Å²) in [5.74, 6) is 0.0182. The van der Waals surface area contributed by atoms with Gasteiger partial charge in [-0.25, -0.2) is 0 Å². The van der Waals surface area contributed by atoms with E-state index in [0.717, 1.165) is 29.9 Å². The Kier molecular flexibility index (Phi) is 5.51. The summed E-state index contributed by atoms with van der Waals surface area (Å²) < 4.78 is 5.77. The molecule has 0 aliphatic carbocycles. The van der Waals surface area contributed by atoms with E-state index in [1.54, 1.807) is 0 Å². The minimum Gasteiger partial charge on any atom is -0.373 e. The number of carbonyl (C=O) groups excluding carboxylic acids is 1. The van der Waals surface area contributed by atoms with Gasteiger partial charge >= 0.3 is 0 Å². The molecule has 1 aliphatic rings. The van der Waals surface area contributed by atoms with Crippen LogP contribution in [0.2, 0.25) is 0 Å². The monoisotopic (exact) mass is 338 g/mol.